The predicted octanol–water partition coefficient (Wildman–Crippen LogP) is 3.40. The Kier molecular flexibility index (Phi) is 3.69. The van der Waals surface area contributed by atoms with Gasteiger partial charge in [-0.2, -0.15) is 0 Å². The minimum Gasteiger partial charge on any atom is -0.294 e. The summed E-state index contributed by atoms with van der Waals surface area (Å²) in [6.45, 7) is 3.59. The molecule has 0 aliphatic rings. The Morgan fingerprint density at radius 1 is 1.11 bits per heavy atom. The van der Waals surface area contributed by atoms with Gasteiger partial charge in [0.2, 0.25) is 0 Å². The first-order chi connectivity index (χ1) is 8.95. The largest absolute Gasteiger partial charge is 0.294 e. The molecule has 0 atom stereocenters. The lowest BCUT2D eigenvalue weighted by Crippen LogP contribution is -2.07. The molecule has 98 valence electrons. The molecule has 4 heteroatoms. The SMILES string of the molecule is Cc1cc(C(=O)Cc2ccc(F)cc2F)cc(C)n1. The zero-order valence-corrected chi connectivity index (χ0v) is 10.7. The molecule has 0 N–H and O–H groups in total. The van der Waals surface area contributed by atoms with E-state index >= 15 is 0 Å². The van der Waals surface area contributed by atoms with Crippen molar-refractivity contribution in [2.24, 2.45) is 0 Å². The lowest BCUT2D eigenvalue weighted by Gasteiger charge is -2.05. The molecule has 0 saturated carbocycles. The number of aryl methyl sites for hydroxylation is 2. The van der Waals surface area contributed by atoms with Crippen LogP contribution in [0.25, 0.3) is 0 Å². The van der Waals surface area contributed by atoms with Crippen molar-refractivity contribution in [3.05, 3.63) is 64.5 Å². The van der Waals surface area contributed by atoms with Crippen LogP contribution >= 0.6 is 0 Å². The molecule has 0 saturated heterocycles. The summed E-state index contributed by atoms with van der Waals surface area (Å²) in [5.74, 6) is -1.56. The van der Waals surface area contributed by atoms with Gasteiger partial charge in [0, 0.05) is 29.4 Å². The van der Waals surface area contributed by atoms with Gasteiger partial charge in [0.15, 0.2) is 5.78 Å². The normalized spacial score (nSPS) is 10.5. The second-order valence-corrected chi connectivity index (χ2v) is 4.47. The molecule has 2 nitrogen and oxygen atoms in total. The number of ketones is 1. The second kappa shape index (κ2) is 5.26. The average molecular weight is 261 g/mol. The number of Topliss-reactive ketones (excluding diaryl/α,β-unsaturated/α-hetero) is 1. The lowest BCUT2D eigenvalue weighted by atomic mass is 10.0. The van der Waals surface area contributed by atoms with Gasteiger partial charge in [-0.15, -0.1) is 0 Å². The Morgan fingerprint density at radius 3 is 2.32 bits per heavy atom. The highest BCUT2D eigenvalue weighted by atomic mass is 19.1. The van der Waals surface area contributed by atoms with Crippen molar-refractivity contribution >= 4 is 5.78 Å². The van der Waals surface area contributed by atoms with Gasteiger partial charge < -0.3 is 0 Å². The summed E-state index contributed by atoms with van der Waals surface area (Å²) in [7, 11) is 0. The Hall–Kier alpha value is -2.10. The molecule has 0 fully saturated rings. The number of carbonyl (C=O) groups is 1. The van der Waals surface area contributed by atoms with Gasteiger partial charge in [-0.3, -0.25) is 9.78 Å². The van der Waals surface area contributed by atoms with E-state index in [2.05, 4.69) is 4.98 Å². The zero-order chi connectivity index (χ0) is 14.0. The average Bonchev–Trinajstić information content (AvgIpc) is 2.31. The van der Waals surface area contributed by atoms with E-state index in [1.165, 1.54) is 6.07 Å². The van der Waals surface area contributed by atoms with Crippen molar-refractivity contribution in [2.45, 2.75) is 20.3 Å². The summed E-state index contributed by atoms with van der Waals surface area (Å²) in [6.07, 6.45) is -0.0883. The number of pyridine rings is 1. The van der Waals surface area contributed by atoms with Gasteiger partial charge in [-0.05, 0) is 37.6 Å². The van der Waals surface area contributed by atoms with Crippen molar-refractivity contribution < 1.29 is 13.6 Å². The molecule has 2 rings (SSSR count). The topological polar surface area (TPSA) is 30.0 Å². The van der Waals surface area contributed by atoms with E-state index < -0.39 is 11.6 Å². The summed E-state index contributed by atoms with van der Waals surface area (Å²) in [5.41, 5.74) is 2.16. The molecule has 1 aromatic heterocycles. The number of carbonyl (C=O) groups excluding carboxylic acids is 1. The predicted molar refractivity (Wildman–Crippen MR) is 68.1 cm³/mol. The maximum Gasteiger partial charge on any atom is 0.167 e. The fourth-order valence-electron chi connectivity index (χ4n) is 1.94. The second-order valence-electron chi connectivity index (χ2n) is 4.47. The first-order valence-corrected chi connectivity index (χ1v) is 5.88. The molecule has 0 bridgehead atoms. The summed E-state index contributed by atoms with van der Waals surface area (Å²) in [5, 5.41) is 0. The summed E-state index contributed by atoms with van der Waals surface area (Å²) < 4.78 is 26.3. The van der Waals surface area contributed by atoms with E-state index in [0.29, 0.717) is 5.56 Å². The minimum atomic E-state index is -0.698. The summed E-state index contributed by atoms with van der Waals surface area (Å²) >= 11 is 0. The van der Waals surface area contributed by atoms with Crippen LogP contribution in [0.4, 0.5) is 8.78 Å². The van der Waals surface area contributed by atoms with E-state index in [1.807, 2.05) is 0 Å². The molecule has 1 aromatic carbocycles. The molecular formula is C15H13F2NO. The van der Waals surface area contributed by atoms with E-state index in [9.17, 15) is 13.6 Å². The van der Waals surface area contributed by atoms with Gasteiger partial charge in [0.1, 0.15) is 11.6 Å². The molecule has 0 unspecified atom stereocenters. The number of rotatable bonds is 3. The van der Waals surface area contributed by atoms with Crippen molar-refractivity contribution in [1.29, 1.82) is 0 Å². The van der Waals surface area contributed by atoms with Crippen LogP contribution in [0, 0.1) is 25.5 Å². The zero-order valence-electron chi connectivity index (χ0n) is 10.7. The van der Waals surface area contributed by atoms with Crippen molar-refractivity contribution in [3.63, 3.8) is 0 Å². The minimum absolute atomic E-state index is 0.0883. The fourth-order valence-corrected chi connectivity index (χ4v) is 1.94. The van der Waals surface area contributed by atoms with E-state index in [4.69, 9.17) is 0 Å². The van der Waals surface area contributed by atoms with Crippen LogP contribution in [0.15, 0.2) is 30.3 Å². The first kappa shape index (κ1) is 13.3. The first-order valence-electron chi connectivity index (χ1n) is 5.88. The highest BCUT2D eigenvalue weighted by Crippen LogP contribution is 2.14. The van der Waals surface area contributed by atoms with Gasteiger partial charge in [0.25, 0.3) is 0 Å². The van der Waals surface area contributed by atoms with Crippen molar-refractivity contribution in [1.82, 2.24) is 4.98 Å². The molecule has 0 aliphatic heterocycles. The van der Waals surface area contributed by atoms with E-state index in [-0.39, 0.29) is 17.8 Å². The summed E-state index contributed by atoms with van der Waals surface area (Å²) in [4.78, 5) is 16.2. The van der Waals surface area contributed by atoms with Crippen LogP contribution in [0.5, 0.6) is 0 Å². The number of hydrogen-bond donors (Lipinski definition) is 0. The molecule has 0 aliphatic carbocycles. The maximum absolute atomic E-state index is 13.5. The van der Waals surface area contributed by atoms with Crippen LogP contribution in [0.1, 0.15) is 27.3 Å². The third-order valence-corrected chi connectivity index (χ3v) is 2.77. The molecule has 0 spiro atoms. The highest BCUT2D eigenvalue weighted by molar-refractivity contribution is 5.97. The quantitative estimate of drug-likeness (QED) is 0.792. The van der Waals surface area contributed by atoms with Crippen LogP contribution in [-0.2, 0) is 6.42 Å². The standard InChI is InChI=1S/C15H13F2NO/c1-9-5-12(6-10(2)18-9)15(19)7-11-3-4-13(16)8-14(11)17/h3-6,8H,7H2,1-2H3. The Morgan fingerprint density at radius 2 is 1.74 bits per heavy atom. The number of benzene rings is 1. The maximum atomic E-state index is 13.5. The van der Waals surface area contributed by atoms with E-state index in [1.54, 1.807) is 26.0 Å². The van der Waals surface area contributed by atoms with Crippen LogP contribution < -0.4 is 0 Å². The van der Waals surface area contributed by atoms with Crippen LogP contribution in [-0.4, -0.2) is 10.8 Å². The third kappa shape index (κ3) is 3.22. The van der Waals surface area contributed by atoms with Crippen LogP contribution in [0.3, 0.4) is 0 Å². The lowest BCUT2D eigenvalue weighted by molar-refractivity contribution is 0.0991. The molecule has 0 amide bonds. The molecule has 2 aromatic rings. The van der Waals surface area contributed by atoms with Gasteiger partial charge >= 0.3 is 0 Å². The van der Waals surface area contributed by atoms with E-state index in [0.717, 1.165) is 23.5 Å². The number of aromatic nitrogens is 1. The van der Waals surface area contributed by atoms with Gasteiger partial charge in [-0.1, -0.05) is 6.07 Å². The number of hydrogen-bond acceptors (Lipinski definition) is 2. The number of halogens is 2. The van der Waals surface area contributed by atoms with Crippen LogP contribution in [0.2, 0.25) is 0 Å². The molecule has 19 heavy (non-hydrogen) atoms. The Labute approximate surface area is 110 Å². The van der Waals surface area contributed by atoms with Crippen molar-refractivity contribution in [3.8, 4) is 0 Å². The smallest absolute Gasteiger partial charge is 0.167 e. The Balaban J connectivity index is 2.25. The van der Waals surface area contributed by atoms with Gasteiger partial charge in [-0.25, -0.2) is 8.78 Å². The fraction of sp³-hybridized carbons (Fsp3) is 0.200. The van der Waals surface area contributed by atoms with Crippen molar-refractivity contribution in [2.75, 3.05) is 0 Å². The third-order valence-electron chi connectivity index (χ3n) is 2.77. The number of nitrogens with zero attached hydrogens (tertiary/aromatic N) is 1. The summed E-state index contributed by atoms with van der Waals surface area (Å²) in [6, 6.07) is 6.55. The molecule has 0 radical (unpaired) electrons. The Bertz CT molecular complexity index is 618. The molecule has 1 heterocycles. The molecular weight excluding hydrogens is 248 g/mol. The monoisotopic (exact) mass is 261 g/mol. The van der Waals surface area contributed by atoms with Gasteiger partial charge in [0.05, 0.1) is 0 Å². The highest BCUT2D eigenvalue weighted by Gasteiger charge is 2.12.